The van der Waals surface area contributed by atoms with E-state index in [0.29, 0.717) is 12.0 Å². The van der Waals surface area contributed by atoms with Gasteiger partial charge in [0.25, 0.3) is 0 Å². The number of nitrogens with zero attached hydrogens (tertiary/aromatic N) is 3. The van der Waals surface area contributed by atoms with Gasteiger partial charge in [0.1, 0.15) is 0 Å². The Kier molecular flexibility index (Phi) is 3.05. The van der Waals surface area contributed by atoms with E-state index in [2.05, 4.69) is 55.8 Å². The molecule has 4 rings (SSSR count). The van der Waals surface area contributed by atoms with E-state index >= 15 is 0 Å². The highest BCUT2D eigenvalue weighted by molar-refractivity contribution is 9.10. The average Bonchev–Trinajstić information content (AvgIpc) is 3.16. The number of rotatable bonds is 2. The van der Waals surface area contributed by atoms with E-state index in [1.54, 1.807) is 0 Å². The Morgan fingerprint density at radius 1 is 1.38 bits per heavy atom. The lowest BCUT2D eigenvalue weighted by Gasteiger charge is -2.36. The molecule has 0 radical (unpaired) electrons. The molecule has 1 aromatic rings. The molecule has 2 fully saturated rings. The van der Waals surface area contributed by atoms with Crippen LogP contribution in [0.4, 0.5) is 5.69 Å². The van der Waals surface area contributed by atoms with Crippen molar-refractivity contribution < 1.29 is 0 Å². The van der Waals surface area contributed by atoms with Gasteiger partial charge in [-0.2, -0.15) is 0 Å². The first-order valence-electron chi connectivity index (χ1n) is 7.71. The largest absolute Gasteiger partial charge is 0.369 e. The maximum atomic E-state index is 6.24. The fourth-order valence-corrected chi connectivity index (χ4v) is 4.42. The lowest BCUT2D eigenvalue weighted by atomic mass is 9.94. The van der Waals surface area contributed by atoms with Crippen LogP contribution in [-0.4, -0.2) is 41.6 Å². The van der Waals surface area contributed by atoms with E-state index in [4.69, 9.17) is 5.73 Å². The highest BCUT2D eigenvalue weighted by Crippen LogP contribution is 2.43. The number of nitrogens with two attached hydrogens (primary N) is 1. The number of anilines is 1. The first kappa shape index (κ1) is 13.6. The third kappa shape index (κ3) is 2.18. The Labute approximate surface area is 134 Å². The lowest BCUT2D eigenvalue weighted by molar-refractivity contribution is 0.251. The van der Waals surface area contributed by atoms with Gasteiger partial charge in [-0.05, 0) is 44.4 Å². The van der Waals surface area contributed by atoms with Crippen molar-refractivity contribution in [2.24, 2.45) is 10.7 Å². The van der Waals surface area contributed by atoms with Crippen molar-refractivity contribution in [1.29, 1.82) is 0 Å². The summed E-state index contributed by atoms with van der Waals surface area (Å²) in [5, 5.41) is 0. The second-order valence-electron chi connectivity index (χ2n) is 6.67. The molecular formula is C16H21BrN4. The van der Waals surface area contributed by atoms with Crippen LogP contribution in [0.2, 0.25) is 0 Å². The third-order valence-electron chi connectivity index (χ3n) is 5.04. The van der Waals surface area contributed by atoms with E-state index in [9.17, 15) is 0 Å². The topological polar surface area (TPSA) is 44.9 Å². The van der Waals surface area contributed by atoms with E-state index in [1.807, 2.05) is 6.07 Å². The maximum Gasteiger partial charge on any atom is 0.196 e. The summed E-state index contributed by atoms with van der Waals surface area (Å²) in [7, 11) is 0. The Bertz CT molecular complexity index is 598. The second kappa shape index (κ2) is 4.71. The minimum absolute atomic E-state index is 0.0485. The van der Waals surface area contributed by atoms with Gasteiger partial charge in [0, 0.05) is 28.8 Å². The molecule has 2 unspecified atom stereocenters. The lowest BCUT2D eigenvalue weighted by Crippen LogP contribution is -2.53. The summed E-state index contributed by atoms with van der Waals surface area (Å²) in [6, 6.07) is 9.80. The molecule has 1 aliphatic carbocycles. The van der Waals surface area contributed by atoms with Gasteiger partial charge in [0.2, 0.25) is 0 Å². The fourth-order valence-electron chi connectivity index (χ4n) is 4.03. The average molecular weight is 349 g/mol. The molecule has 5 heteroatoms. The molecule has 3 aliphatic rings. The second-order valence-corrected chi connectivity index (χ2v) is 7.59. The summed E-state index contributed by atoms with van der Waals surface area (Å²) in [5.74, 6) is 0.665. The summed E-state index contributed by atoms with van der Waals surface area (Å²) in [6.07, 6.45) is 3.85. The van der Waals surface area contributed by atoms with Crippen LogP contribution in [0.15, 0.2) is 33.7 Å². The monoisotopic (exact) mass is 348 g/mol. The number of likely N-dealkylation sites (tertiary alicyclic amines) is 1. The van der Waals surface area contributed by atoms with Gasteiger partial charge in [-0.15, -0.1) is 0 Å². The van der Waals surface area contributed by atoms with Crippen molar-refractivity contribution >= 4 is 27.6 Å². The molecule has 2 N–H and O–H groups in total. The SMILES string of the molecule is CC1CC2(CN=C(N)N2c2cccc(Br)c2)CN1C1CC1. The Hall–Kier alpha value is -1.07. The molecule has 2 atom stereocenters. The van der Waals surface area contributed by atoms with Gasteiger partial charge in [-0.3, -0.25) is 9.89 Å². The molecule has 21 heavy (non-hydrogen) atoms. The minimum Gasteiger partial charge on any atom is -0.369 e. The van der Waals surface area contributed by atoms with Gasteiger partial charge >= 0.3 is 0 Å². The van der Waals surface area contributed by atoms with Crippen molar-refractivity contribution in [3.05, 3.63) is 28.7 Å². The molecule has 1 aromatic carbocycles. The standard InChI is InChI=1S/C16H21BrN4/c1-11-8-16(10-20(11)13-5-6-13)9-19-15(18)21(16)14-4-2-3-12(17)7-14/h2-4,7,11,13H,5-6,8-10H2,1H3,(H2,18,19). The molecule has 1 saturated carbocycles. The Balaban J connectivity index is 1.69. The van der Waals surface area contributed by atoms with Crippen molar-refractivity contribution in [3.8, 4) is 0 Å². The zero-order chi connectivity index (χ0) is 14.6. The molecule has 0 amide bonds. The quantitative estimate of drug-likeness (QED) is 0.893. The van der Waals surface area contributed by atoms with Crippen molar-refractivity contribution in [3.63, 3.8) is 0 Å². The van der Waals surface area contributed by atoms with Crippen LogP contribution in [0, 0.1) is 0 Å². The van der Waals surface area contributed by atoms with Gasteiger partial charge < -0.3 is 10.6 Å². The molecule has 4 nitrogen and oxygen atoms in total. The van der Waals surface area contributed by atoms with Crippen LogP contribution in [0.25, 0.3) is 0 Å². The first-order valence-corrected chi connectivity index (χ1v) is 8.50. The summed E-state index contributed by atoms with van der Waals surface area (Å²) in [6.45, 7) is 4.25. The maximum absolute atomic E-state index is 6.24. The van der Waals surface area contributed by atoms with Crippen LogP contribution in [-0.2, 0) is 0 Å². The molecular weight excluding hydrogens is 328 g/mol. The van der Waals surface area contributed by atoms with E-state index < -0.39 is 0 Å². The highest BCUT2D eigenvalue weighted by Gasteiger charge is 2.53. The fraction of sp³-hybridized carbons (Fsp3) is 0.562. The van der Waals surface area contributed by atoms with Crippen LogP contribution in [0.5, 0.6) is 0 Å². The minimum atomic E-state index is 0.0485. The van der Waals surface area contributed by atoms with Gasteiger partial charge in [0.05, 0.1) is 12.1 Å². The molecule has 0 aromatic heterocycles. The third-order valence-corrected chi connectivity index (χ3v) is 5.53. The van der Waals surface area contributed by atoms with E-state index in [1.165, 1.54) is 12.8 Å². The van der Waals surface area contributed by atoms with Crippen molar-refractivity contribution in [2.75, 3.05) is 18.0 Å². The van der Waals surface area contributed by atoms with Crippen molar-refractivity contribution in [1.82, 2.24) is 4.90 Å². The molecule has 2 aliphatic heterocycles. The summed E-state index contributed by atoms with van der Waals surface area (Å²) < 4.78 is 1.08. The number of halogens is 1. The smallest absolute Gasteiger partial charge is 0.196 e. The molecule has 1 saturated heterocycles. The highest BCUT2D eigenvalue weighted by atomic mass is 79.9. The molecule has 0 bridgehead atoms. The molecule has 1 spiro atoms. The van der Waals surface area contributed by atoms with Gasteiger partial charge in [-0.25, -0.2) is 0 Å². The molecule has 2 heterocycles. The Morgan fingerprint density at radius 2 is 2.19 bits per heavy atom. The number of guanidine groups is 1. The summed E-state index contributed by atoms with van der Waals surface area (Å²) in [5.41, 5.74) is 7.44. The number of benzene rings is 1. The molecule has 112 valence electrons. The normalized spacial score (nSPS) is 33.0. The predicted molar refractivity (Wildman–Crippen MR) is 89.6 cm³/mol. The number of hydrogen-bond acceptors (Lipinski definition) is 4. The predicted octanol–water partition coefficient (Wildman–Crippen LogP) is 2.58. The van der Waals surface area contributed by atoms with E-state index in [-0.39, 0.29) is 5.54 Å². The number of hydrogen-bond donors (Lipinski definition) is 1. The van der Waals surface area contributed by atoms with Crippen LogP contribution in [0.3, 0.4) is 0 Å². The van der Waals surface area contributed by atoms with Crippen molar-refractivity contribution in [2.45, 2.75) is 43.8 Å². The van der Waals surface area contributed by atoms with Gasteiger partial charge in [-0.1, -0.05) is 22.0 Å². The summed E-state index contributed by atoms with van der Waals surface area (Å²) in [4.78, 5) is 9.53. The zero-order valence-electron chi connectivity index (χ0n) is 12.3. The Morgan fingerprint density at radius 3 is 2.90 bits per heavy atom. The first-order chi connectivity index (χ1) is 10.1. The number of aliphatic imine (C=N–C) groups is 1. The van der Waals surface area contributed by atoms with Crippen LogP contribution < -0.4 is 10.6 Å². The zero-order valence-corrected chi connectivity index (χ0v) is 13.9. The van der Waals surface area contributed by atoms with E-state index in [0.717, 1.165) is 35.7 Å². The van der Waals surface area contributed by atoms with Gasteiger partial charge in [0.15, 0.2) is 5.96 Å². The van der Waals surface area contributed by atoms with Crippen LogP contribution in [0.1, 0.15) is 26.2 Å². The van der Waals surface area contributed by atoms with Crippen LogP contribution >= 0.6 is 15.9 Å². The summed E-state index contributed by atoms with van der Waals surface area (Å²) >= 11 is 3.57.